The molecule has 0 amide bonds. The molecule has 0 radical (unpaired) electrons. The molecule has 0 saturated carbocycles. The van der Waals surface area contributed by atoms with Crippen molar-refractivity contribution < 1.29 is 17.9 Å². The van der Waals surface area contributed by atoms with E-state index >= 15 is 0 Å². The van der Waals surface area contributed by atoms with Crippen LogP contribution in [0.15, 0.2) is 18.2 Å². The van der Waals surface area contributed by atoms with Crippen molar-refractivity contribution in [3.8, 4) is 6.07 Å². The number of ether oxygens (including phenoxy) is 1. The molecule has 3 nitrogen and oxygen atoms in total. The van der Waals surface area contributed by atoms with Crippen LogP contribution in [0.25, 0.3) is 0 Å². The topological polar surface area (TPSA) is 45.0 Å². The van der Waals surface area contributed by atoms with Crippen molar-refractivity contribution in [1.29, 1.82) is 5.26 Å². The van der Waals surface area contributed by atoms with Crippen molar-refractivity contribution in [2.45, 2.75) is 19.5 Å². The summed E-state index contributed by atoms with van der Waals surface area (Å²) in [6.45, 7) is 3.63. The maximum absolute atomic E-state index is 12.5. The lowest BCUT2D eigenvalue weighted by Crippen LogP contribution is -2.09. The summed E-state index contributed by atoms with van der Waals surface area (Å²) >= 11 is 0. The van der Waals surface area contributed by atoms with Crippen LogP contribution in [0.4, 0.5) is 18.9 Å². The molecule has 0 aliphatic heterocycles. The van der Waals surface area contributed by atoms with Crippen LogP contribution in [0.5, 0.6) is 0 Å². The predicted molar refractivity (Wildman–Crippen MR) is 65.8 cm³/mol. The molecule has 6 heteroatoms. The van der Waals surface area contributed by atoms with Crippen molar-refractivity contribution in [3.05, 3.63) is 29.3 Å². The molecule has 1 N–H and O–H groups in total. The Labute approximate surface area is 110 Å². The smallest absolute Gasteiger partial charge is 0.384 e. The van der Waals surface area contributed by atoms with Crippen LogP contribution < -0.4 is 5.32 Å². The normalized spacial score (nSPS) is 11.1. The van der Waals surface area contributed by atoms with Gasteiger partial charge in [-0.2, -0.15) is 18.4 Å². The molecule has 0 bridgehead atoms. The molecule has 19 heavy (non-hydrogen) atoms. The minimum Gasteiger partial charge on any atom is -0.384 e. The number of rotatable bonds is 6. The highest BCUT2D eigenvalue weighted by molar-refractivity contribution is 5.58. The van der Waals surface area contributed by atoms with E-state index in [1.165, 1.54) is 6.07 Å². The number of nitrogens with one attached hydrogen (secondary N) is 1. The fraction of sp³-hybridized carbons (Fsp3) is 0.462. The average molecular weight is 272 g/mol. The fourth-order valence-corrected chi connectivity index (χ4v) is 1.51. The monoisotopic (exact) mass is 272 g/mol. The summed E-state index contributed by atoms with van der Waals surface area (Å²) in [5.41, 5.74) is -0.415. The van der Waals surface area contributed by atoms with E-state index in [4.69, 9.17) is 10.00 Å². The zero-order valence-corrected chi connectivity index (χ0v) is 10.5. The average Bonchev–Trinajstić information content (AvgIpc) is 2.37. The molecule has 0 aliphatic rings. The maximum atomic E-state index is 12.5. The third kappa shape index (κ3) is 4.79. The summed E-state index contributed by atoms with van der Waals surface area (Å²) < 4.78 is 42.6. The fourth-order valence-electron chi connectivity index (χ4n) is 1.51. The van der Waals surface area contributed by atoms with Gasteiger partial charge in [0.2, 0.25) is 0 Å². The number of nitriles is 1. The largest absolute Gasteiger partial charge is 0.416 e. The maximum Gasteiger partial charge on any atom is 0.416 e. The van der Waals surface area contributed by atoms with Crippen molar-refractivity contribution >= 4 is 5.69 Å². The van der Waals surface area contributed by atoms with Crippen LogP contribution in [0.2, 0.25) is 0 Å². The highest BCUT2D eigenvalue weighted by atomic mass is 19.4. The van der Waals surface area contributed by atoms with Crippen molar-refractivity contribution in [2.75, 3.05) is 25.1 Å². The Morgan fingerprint density at radius 2 is 2.11 bits per heavy atom. The van der Waals surface area contributed by atoms with Crippen LogP contribution in [0, 0.1) is 11.3 Å². The predicted octanol–water partition coefficient (Wildman–Crippen LogP) is 3.42. The molecule has 0 atom stereocenters. The molecule has 0 fully saturated rings. The molecule has 0 unspecified atom stereocenters. The molecule has 1 aromatic carbocycles. The molecule has 0 heterocycles. The third-order valence-corrected chi connectivity index (χ3v) is 2.45. The van der Waals surface area contributed by atoms with Gasteiger partial charge in [-0.15, -0.1) is 0 Å². The van der Waals surface area contributed by atoms with Crippen LogP contribution in [0.3, 0.4) is 0 Å². The third-order valence-electron chi connectivity index (χ3n) is 2.45. The second-order valence-corrected chi connectivity index (χ2v) is 3.85. The second-order valence-electron chi connectivity index (χ2n) is 3.85. The minimum absolute atomic E-state index is 0.00812. The molecule has 104 valence electrons. The van der Waals surface area contributed by atoms with Gasteiger partial charge in [0.05, 0.1) is 16.8 Å². The summed E-state index contributed by atoms with van der Waals surface area (Å²) in [4.78, 5) is 0. The first-order valence-corrected chi connectivity index (χ1v) is 5.92. The lowest BCUT2D eigenvalue weighted by atomic mass is 10.1. The summed E-state index contributed by atoms with van der Waals surface area (Å²) in [7, 11) is 0. The van der Waals surface area contributed by atoms with Gasteiger partial charge in [-0.3, -0.25) is 0 Å². The van der Waals surface area contributed by atoms with Crippen molar-refractivity contribution in [3.63, 3.8) is 0 Å². The zero-order valence-electron chi connectivity index (χ0n) is 10.5. The first-order chi connectivity index (χ1) is 8.99. The first-order valence-electron chi connectivity index (χ1n) is 5.92. The molecule has 0 aliphatic carbocycles. The van der Waals surface area contributed by atoms with E-state index in [2.05, 4.69) is 5.32 Å². The SMILES string of the molecule is CCOCCCNc1ccc(C(F)(F)F)cc1C#N. The Hall–Kier alpha value is -1.74. The highest BCUT2D eigenvalue weighted by Gasteiger charge is 2.30. The first kappa shape index (κ1) is 15.3. The zero-order chi connectivity index (χ0) is 14.3. The Bertz CT molecular complexity index is 452. The second kappa shape index (κ2) is 7.00. The van der Waals surface area contributed by atoms with Crippen LogP contribution in [0.1, 0.15) is 24.5 Å². The lowest BCUT2D eigenvalue weighted by Gasteiger charge is -2.11. The van der Waals surface area contributed by atoms with E-state index in [-0.39, 0.29) is 5.56 Å². The van der Waals surface area contributed by atoms with E-state index in [1.54, 1.807) is 6.07 Å². The van der Waals surface area contributed by atoms with Gasteiger partial charge in [0.15, 0.2) is 0 Å². The molecule has 1 rings (SSSR count). The van der Waals surface area contributed by atoms with E-state index in [9.17, 15) is 13.2 Å². The summed E-state index contributed by atoms with van der Waals surface area (Å²) in [6.07, 6.45) is -3.71. The Kier molecular flexibility index (Phi) is 5.64. The molecular formula is C13H15F3N2O. The molecule has 0 aromatic heterocycles. The summed E-state index contributed by atoms with van der Waals surface area (Å²) in [6, 6.07) is 4.86. The van der Waals surface area contributed by atoms with E-state index in [0.29, 0.717) is 25.4 Å². The number of anilines is 1. The van der Waals surface area contributed by atoms with Gasteiger partial charge in [0.25, 0.3) is 0 Å². The summed E-state index contributed by atoms with van der Waals surface area (Å²) in [5, 5.41) is 11.8. The van der Waals surface area contributed by atoms with Gasteiger partial charge in [0, 0.05) is 19.8 Å². The quantitative estimate of drug-likeness (QED) is 0.807. The molecular weight excluding hydrogens is 257 g/mol. The van der Waals surface area contributed by atoms with Gasteiger partial charge in [0.1, 0.15) is 6.07 Å². The Balaban J connectivity index is 2.67. The van der Waals surface area contributed by atoms with Crippen molar-refractivity contribution in [2.24, 2.45) is 0 Å². The van der Waals surface area contributed by atoms with Gasteiger partial charge < -0.3 is 10.1 Å². The van der Waals surface area contributed by atoms with E-state index < -0.39 is 11.7 Å². The molecule has 0 spiro atoms. The van der Waals surface area contributed by atoms with Gasteiger partial charge >= 0.3 is 6.18 Å². The van der Waals surface area contributed by atoms with Gasteiger partial charge in [-0.1, -0.05) is 0 Å². The van der Waals surface area contributed by atoms with Crippen LogP contribution >= 0.6 is 0 Å². The number of hydrogen-bond acceptors (Lipinski definition) is 3. The van der Waals surface area contributed by atoms with Crippen LogP contribution in [-0.4, -0.2) is 19.8 Å². The van der Waals surface area contributed by atoms with E-state index in [1.807, 2.05) is 6.92 Å². The Morgan fingerprint density at radius 3 is 2.68 bits per heavy atom. The number of benzene rings is 1. The van der Waals surface area contributed by atoms with E-state index in [0.717, 1.165) is 18.6 Å². The number of alkyl halides is 3. The Morgan fingerprint density at radius 1 is 1.37 bits per heavy atom. The number of nitrogens with zero attached hydrogens (tertiary/aromatic N) is 1. The minimum atomic E-state index is -4.43. The molecule has 1 aromatic rings. The van der Waals surface area contributed by atoms with Crippen LogP contribution in [-0.2, 0) is 10.9 Å². The van der Waals surface area contributed by atoms with Gasteiger partial charge in [-0.25, -0.2) is 0 Å². The number of hydrogen-bond donors (Lipinski definition) is 1. The van der Waals surface area contributed by atoms with Crippen molar-refractivity contribution in [1.82, 2.24) is 0 Å². The lowest BCUT2D eigenvalue weighted by molar-refractivity contribution is -0.137. The summed E-state index contributed by atoms with van der Waals surface area (Å²) in [5.74, 6) is 0. The molecule has 0 saturated heterocycles. The van der Waals surface area contributed by atoms with Gasteiger partial charge in [-0.05, 0) is 31.5 Å². The number of halogens is 3. The standard InChI is InChI=1S/C13H15F3N2O/c1-2-19-7-3-6-18-12-5-4-11(13(14,15)16)8-10(12)9-17/h4-5,8,18H,2-3,6-7H2,1H3. The highest BCUT2D eigenvalue weighted by Crippen LogP contribution is 2.31.